The van der Waals surface area contributed by atoms with Gasteiger partial charge in [0.25, 0.3) is 0 Å². The average molecular weight is 250 g/mol. The van der Waals surface area contributed by atoms with Gasteiger partial charge in [-0.1, -0.05) is 40.2 Å². The first kappa shape index (κ1) is 9.69. The van der Waals surface area contributed by atoms with Crippen LogP contribution in [0, 0.1) is 0 Å². The molecule has 2 aromatic carbocycles. The molecule has 2 aromatic rings. The first-order chi connectivity index (χ1) is 6.81. The zero-order chi connectivity index (χ0) is 9.97. The summed E-state index contributed by atoms with van der Waals surface area (Å²) in [4.78, 5) is 0. The SMILES string of the molecule is CNCc1cc(Br)c2ccccc2c1. The van der Waals surface area contributed by atoms with Crippen molar-refractivity contribution >= 4 is 26.7 Å². The number of nitrogens with one attached hydrogen (secondary N) is 1. The summed E-state index contributed by atoms with van der Waals surface area (Å²) in [6.45, 7) is 0.906. The zero-order valence-corrected chi connectivity index (χ0v) is 9.64. The predicted octanol–water partition coefficient (Wildman–Crippen LogP) is 3.32. The monoisotopic (exact) mass is 249 g/mol. The van der Waals surface area contributed by atoms with Gasteiger partial charge in [-0.05, 0) is 35.5 Å². The maximum absolute atomic E-state index is 3.59. The second-order valence-electron chi connectivity index (χ2n) is 3.33. The van der Waals surface area contributed by atoms with Gasteiger partial charge in [-0.25, -0.2) is 0 Å². The summed E-state index contributed by atoms with van der Waals surface area (Å²) in [7, 11) is 1.96. The van der Waals surface area contributed by atoms with E-state index < -0.39 is 0 Å². The van der Waals surface area contributed by atoms with E-state index in [4.69, 9.17) is 0 Å². The van der Waals surface area contributed by atoms with E-state index in [0.29, 0.717) is 0 Å². The quantitative estimate of drug-likeness (QED) is 0.862. The Hall–Kier alpha value is -0.860. The van der Waals surface area contributed by atoms with Crippen molar-refractivity contribution in [1.82, 2.24) is 5.32 Å². The molecule has 1 nitrogen and oxygen atoms in total. The number of hydrogen-bond donors (Lipinski definition) is 1. The molecule has 0 radical (unpaired) electrons. The van der Waals surface area contributed by atoms with Gasteiger partial charge in [0.1, 0.15) is 0 Å². The van der Waals surface area contributed by atoms with Crippen LogP contribution in [0.1, 0.15) is 5.56 Å². The molecule has 0 amide bonds. The normalized spacial score (nSPS) is 10.7. The molecule has 0 unspecified atom stereocenters. The fraction of sp³-hybridized carbons (Fsp3) is 0.167. The summed E-state index contributed by atoms with van der Waals surface area (Å²) < 4.78 is 1.17. The van der Waals surface area contributed by atoms with Crippen LogP contribution in [0.4, 0.5) is 0 Å². The topological polar surface area (TPSA) is 12.0 Å². The van der Waals surface area contributed by atoms with E-state index in [2.05, 4.69) is 57.6 Å². The van der Waals surface area contributed by atoms with Crippen LogP contribution in [0.25, 0.3) is 10.8 Å². The molecule has 14 heavy (non-hydrogen) atoms. The van der Waals surface area contributed by atoms with Gasteiger partial charge in [0.2, 0.25) is 0 Å². The number of fused-ring (bicyclic) bond motifs is 1. The van der Waals surface area contributed by atoms with Gasteiger partial charge in [-0.15, -0.1) is 0 Å². The van der Waals surface area contributed by atoms with E-state index in [0.717, 1.165) is 6.54 Å². The molecular weight excluding hydrogens is 238 g/mol. The van der Waals surface area contributed by atoms with Crippen LogP contribution in [0.2, 0.25) is 0 Å². The molecule has 0 aliphatic carbocycles. The molecular formula is C12H12BrN. The lowest BCUT2D eigenvalue weighted by Crippen LogP contribution is -2.04. The Morgan fingerprint density at radius 2 is 2.00 bits per heavy atom. The summed E-state index contributed by atoms with van der Waals surface area (Å²) in [5, 5.41) is 5.71. The highest BCUT2D eigenvalue weighted by molar-refractivity contribution is 9.10. The fourth-order valence-corrected chi connectivity index (χ4v) is 2.28. The largest absolute Gasteiger partial charge is 0.316 e. The van der Waals surface area contributed by atoms with Crippen molar-refractivity contribution in [2.24, 2.45) is 0 Å². The zero-order valence-electron chi connectivity index (χ0n) is 8.05. The van der Waals surface area contributed by atoms with E-state index in [1.54, 1.807) is 0 Å². The summed E-state index contributed by atoms with van der Waals surface area (Å²) in [5.74, 6) is 0. The molecule has 0 aliphatic rings. The molecule has 0 saturated carbocycles. The van der Waals surface area contributed by atoms with Crippen molar-refractivity contribution in [3.63, 3.8) is 0 Å². The Labute approximate surface area is 92.3 Å². The van der Waals surface area contributed by atoms with Gasteiger partial charge < -0.3 is 5.32 Å². The minimum atomic E-state index is 0.906. The second kappa shape index (κ2) is 4.11. The van der Waals surface area contributed by atoms with E-state index in [-0.39, 0.29) is 0 Å². The van der Waals surface area contributed by atoms with E-state index >= 15 is 0 Å². The maximum atomic E-state index is 3.59. The van der Waals surface area contributed by atoms with Crippen molar-refractivity contribution in [1.29, 1.82) is 0 Å². The van der Waals surface area contributed by atoms with E-state index in [9.17, 15) is 0 Å². The number of halogens is 1. The molecule has 0 bridgehead atoms. The Kier molecular flexibility index (Phi) is 2.85. The highest BCUT2D eigenvalue weighted by Crippen LogP contribution is 2.25. The highest BCUT2D eigenvalue weighted by atomic mass is 79.9. The average Bonchev–Trinajstić information content (AvgIpc) is 2.18. The minimum absolute atomic E-state index is 0.906. The molecule has 0 fully saturated rings. The van der Waals surface area contributed by atoms with Gasteiger partial charge in [-0.3, -0.25) is 0 Å². The van der Waals surface area contributed by atoms with Crippen LogP contribution < -0.4 is 5.32 Å². The predicted molar refractivity (Wildman–Crippen MR) is 64.4 cm³/mol. The molecule has 2 rings (SSSR count). The second-order valence-corrected chi connectivity index (χ2v) is 4.18. The maximum Gasteiger partial charge on any atom is 0.0256 e. The highest BCUT2D eigenvalue weighted by Gasteiger charge is 2.00. The van der Waals surface area contributed by atoms with Gasteiger partial charge in [0.15, 0.2) is 0 Å². The molecule has 0 heterocycles. The van der Waals surface area contributed by atoms with Crippen LogP contribution in [-0.4, -0.2) is 7.05 Å². The smallest absolute Gasteiger partial charge is 0.0256 e. The molecule has 0 aromatic heterocycles. The third-order valence-electron chi connectivity index (χ3n) is 2.25. The summed E-state index contributed by atoms with van der Waals surface area (Å²) in [6, 6.07) is 12.8. The summed E-state index contributed by atoms with van der Waals surface area (Å²) >= 11 is 3.59. The van der Waals surface area contributed by atoms with Crippen LogP contribution in [0.5, 0.6) is 0 Å². The lowest BCUT2D eigenvalue weighted by atomic mass is 10.1. The number of benzene rings is 2. The first-order valence-corrected chi connectivity index (χ1v) is 5.42. The van der Waals surface area contributed by atoms with Gasteiger partial charge in [0.05, 0.1) is 0 Å². The molecule has 0 atom stereocenters. The molecule has 2 heteroatoms. The summed E-state index contributed by atoms with van der Waals surface area (Å²) in [6.07, 6.45) is 0. The van der Waals surface area contributed by atoms with E-state index in [1.165, 1.54) is 20.8 Å². The molecule has 0 aliphatic heterocycles. The standard InChI is InChI=1S/C12H12BrN/c1-14-8-9-6-10-4-2-3-5-11(10)12(13)7-9/h2-7,14H,8H2,1H3. The lowest BCUT2D eigenvalue weighted by molar-refractivity contribution is 0.818. The lowest BCUT2D eigenvalue weighted by Gasteiger charge is -2.05. The van der Waals surface area contributed by atoms with Crippen molar-refractivity contribution in [3.8, 4) is 0 Å². The third kappa shape index (κ3) is 1.81. The molecule has 1 N–H and O–H groups in total. The van der Waals surface area contributed by atoms with Crippen molar-refractivity contribution < 1.29 is 0 Å². The van der Waals surface area contributed by atoms with Crippen LogP contribution in [-0.2, 0) is 6.54 Å². The van der Waals surface area contributed by atoms with Gasteiger partial charge in [0, 0.05) is 11.0 Å². The number of rotatable bonds is 2. The van der Waals surface area contributed by atoms with Crippen molar-refractivity contribution in [3.05, 3.63) is 46.4 Å². The Bertz CT molecular complexity index is 451. The Morgan fingerprint density at radius 1 is 1.21 bits per heavy atom. The van der Waals surface area contributed by atoms with Crippen molar-refractivity contribution in [2.45, 2.75) is 6.54 Å². The molecule has 0 saturated heterocycles. The third-order valence-corrected chi connectivity index (χ3v) is 2.91. The number of hydrogen-bond acceptors (Lipinski definition) is 1. The Morgan fingerprint density at radius 3 is 2.79 bits per heavy atom. The van der Waals surface area contributed by atoms with Crippen LogP contribution in [0.15, 0.2) is 40.9 Å². The van der Waals surface area contributed by atoms with Crippen LogP contribution >= 0.6 is 15.9 Å². The van der Waals surface area contributed by atoms with Crippen molar-refractivity contribution in [2.75, 3.05) is 7.05 Å². The minimum Gasteiger partial charge on any atom is -0.316 e. The summed E-state index contributed by atoms with van der Waals surface area (Å²) in [5.41, 5.74) is 1.30. The van der Waals surface area contributed by atoms with Gasteiger partial charge in [-0.2, -0.15) is 0 Å². The first-order valence-electron chi connectivity index (χ1n) is 4.63. The van der Waals surface area contributed by atoms with Gasteiger partial charge >= 0.3 is 0 Å². The molecule has 0 spiro atoms. The fourth-order valence-electron chi connectivity index (χ4n) is 1.63. The Balaban J connectivity index is 2.60. The molecule has 72 valence electrons. The van der Waals surface area contributed by atoms with E-state index in [1.807, 2.05) is 7.05 Å². The van der Waals surface area contributed by atoms with Crippen LogP contribution in [0.3, 0.4) is 0 Å².